The summed E-state index contributed by atoms with van der Waals surface area (Å²) in [5.41, 5.74) is 7.81. The molecule has 13 heteroatoms. The number of fused-ring (bicyclic) bond motifs is 2. The molecule has 4 N–H and O–H groups in total. The summed E-state index contributed by atoms with van der Waals surface area (Å²) >= 11 is 6.45. The van der Waals surface area contributed by atoms with Gasteiger partial charge < -0.3 is 25.6 Å². The fraction of sp³-hybridized carbons (Fsp3) is 0.438. The highest BCUT2D eigenvalue weighted by atomic mass is 35.5. The number of methoxy groups -OCH3 is 2. The van der Waals surface area contributed by atoms with Crippen molar-refractivity contribution in [3.05, 3.63) is 52.4 Å². The molecule has 10 nitrogen and oxygen atoms in total. The van der Waals surface area contributed by atoms with Crippen LogP contribution >= 0.6 is 11.6 Å². The van der Waals surface area contributed by atoms with Gasteiger partial charge in [-0.05, 0) is 75.3 Å². The van der Waals surface area contributed by atoms with E-state index >= 15 is 4.39 Å². The molecule has 3 aliphatic rings. The molecular weight excluding hydrogens is 604 g/mol. The molecule has 1 saturated carbocycles. The lowest BCUT2D eigenvalue weighted by atomic mass is 9.98. The Labute approximate surface area is 265 Å². The number of halogens is 3. The van der Waals surface area contributed by atoms with Gasteiger partial charge in [0.15, 0.2) is 5.82 Å². The molecule has 45 heavy (non-hydrogen) atoms. The Hall–Kier alpha value is -4.03. The van der Waals surface area contributed by atoms with Gasteiger partial charge in [-0.3, -0.25) is 4.90 Å². The summed E-state index contributed by atoms with van der Waals surface area (Å²) < 4.78 is 39.6. The molecule has 4 aromatic rings. The van der Waals surface area contributed by atoms with Crippen LogP contribution < -0.4 is 20.5 Å². The summed E-state index contributed by atoms with van der Waals surface area (Å²) in [4.78, 5) is 19.6. The van der Waals surface area contributed by atoms with Crippen molar-refractivity contribution in [3.8, 4) is 28.9 Å². The zero-order valence-electron chi connectivity index (χ0n) is 25.4. The topological polar surface area (TPSA) is 132 Å². The quantitative estimate of drug-likeness (QED) is 0.208. The zero-order valence-corrected chi connectivity index (χ0v) is 26.1. The molecule has 3 atom stereocenters. The number of hydrogen-bond donors (Lipinski definition) is 3. The van der Waals surface area contributed by atoms with Crippen LogP contribution in [0.3, 0.4) is 0 Å². The Kier molecular flexibility index (Phi) is 8.78. The van der Waals surface area contributed by atoms with Gasteiger partial charge in [0.2, 0.25) is 5.88 Å². The molecule has 3 unspecified atom stereocenters. The molecule has 0 amide bonds. The standard InChI is InChI=1S/C25H24ClFN6O3.C7H12FN/c1-11(14-5-4-8-29-22(14)28)30-23-18-21(32-25(33-23)36-3)19(27)20(31-24(18)35-2)15-9-13(34)10-16(26)17(15)12-6-7-12;8-6-4-7-2-1-3-9(7)5-6/h4-5,8-12,34H,6-7H2,1-3H3,(H2,28,29)(H,30,32,33);6-7H,1-5H2. The van der Waals surface area contributed by atoms with Crippen LogP contribution in [-0.2, 0) is 0 Å². The Morgan fingerprint density at radius 2 is 1.96 bits per heavy atom. The van der Waals surface area contributed by atoms with E-state index in [0.717, 1.165) is 36.9 Å². The first-order valence-corrected chi connectivity index (χ1v) is 15.4. The molecule has 3 fully saturated rings. The number of phenolic OH excluding ortho intramolecular Hbond substituents is 1. The lowest BCUT2D eigenvalue weighted by Crippen LogP contribution is -2.22. The number of aromatic nitrogens is 4. The van der Waals surface area contributed by atoms with Crippen LogP contribution in [0.1, 0.15) is 62.1 Å². The maximum absolute atomic E-state index is 16.2. The maximum atomic E-state index is 16.2. The van der Waals surface area contributed by atoms with Crippen LogP contribution in [0.15, 0.2) is 30.5 Å². The van der Waals surface area contributed by atoms with Gasteiger partial charge in [-0.15, -0.1) is 0 Å². The minimum atomic E-state index is -0.716. The van der Waals surface area contributed by atoms with Crippen molar-refractivity contribution in [2.75, 3.05) is 38.4 Å². The average Bonchev–Trinajstić information content (AvgIpc) is 3.65. The third-order valence-electron chi connectivity index (χ3n) is 8.61. The van der Waals surface area contributed by atoms with E-state index in [0.29, 0.717) is 29.0 Å². The highest BCUT2D eigenvalue weighted by Gasteiger charge is 2.35. The highest BCUT2D eigenvalue weighted by Crippen LogP contribution is 2.50. The van der Waals surface area contributed by atoms with E-state index in [9.17, 15) is 9.50 Å². The fourth-order valence-electron chi connectivity index (χ4n) is 6.33. The molecule has 5 heterocycles. The molecule has 7 rings (SSSR count). The molecule has 2 saturated heterocycles. The molecule has 0 radical (unpaired) electrons. The van der Waals surface area contributed by atoms with Crippen LogP contribution in [-0.4, -0.2) is 69.5 Å². The highest BCUT2D eigenvalue weighted by molar-refractivity contribution is 6.32. The van der Waals surface area contributed by atoms with E-state index in [1.165, 1.54) is 39.2 Å². The van der Waals surface area contributed by atoms with Crippen molar-refractivity contribution in [3.63, 3.8) is 0 Å². The first kappa shape index (κ1) is 31.0. The van der Waals surface area contributed by atoms with Crippen LogP contribution in [0.2, 0.25) is 5.02 Å². The number of benzene rings is 1. The molecule has 0 spiro atoms. The Bertz CT molecular complexity index is 1710. The van der Waals surface area contributed by atoms with Crippen molar-refractivity contribution < 1.29 is 23.4 Å². The molecule has 2 aliphatic heterocycles. The van der Waals surface area contributed by atoms with Gasteiger partial charge in [0.05, 0.1) is 20.3 Å². The number of pyridine rings is 2. The van der Waals surface area contributed by atoms with Gasteiger partial charge in [0.25, 0.3) is 0 Å². The van der Waals surface area contributed by atoms with Crippen LogP contribution in [0.25, 0.3) is 22.2 Å². The molecule has 1 aromatic carbocycles. The Morgan fingerprint density at radius 1 is 1.16 bits per heavy atom. The fourth-order valence-corrected chi connectivity index (χ4v) is 6.70. The third kappa shape index (κ3) is 6.26. The van der Waals surface area contributed by atoms with Crippen molar-refractivity contribution in [1.82, 2.24) is 24.8 Å². The second-order valence-electron chi connectivity index (χ2n) is 11.7. The number of nitrogens with one attached hydrogen (secondary N) is 1. The summed E-state index contributed by atoms with van der Waals surface area (Å²) in [6, 6.07) is 6.73. The van der Waals surface area contributed by atoms with Gasteiger partial charge in [-0.2, -0.15) is 9.97 Å². The summed E-state index contributed by atoms with van der Waals surface area (Å²) in [5.74, 6) is 0.0587. The third-order valence-corrected chi connectivity index (χ3v) is 8.93. The van der Waals surface area contributed by atoms with E-state index in [1.54, 1.807) is 12.3 Å². The number of anilines is 2. The number of aromatic hydroxyl groups is 1. The van der Waals surface area contributed by atoms with Crippen LogP contribution in [0.5, 0.6) is 17.6 Å². The van der Waals surface area contributed by atoms with Gasteiger partial charge in [0, 0.05) is 34.9 Å². The van der Waals surface area contributed by atoms with Crippen LogP contribution in [0.4, 0.5) is 20.4 Å². The first-order chi connectivity index (χ1) is 21.7. The summed E-state index contributed by atoms with van der Waals surface area (Å²) in [7, 11) is 2.82. The molecule has 0 bridgehead atoms. The first-order valence-electron chi connectivity index (χ1n) is 15.1. The summed E-state index contributed by atoms with van der Waals surface area (Å²) in [5, 5.41) is 14.1. The predicted octanol–water partition coefficient (Wildman–Crippen LogP) is 6.43. The maximum Gasteiger partial charge on any atom is 0.318 e. The molecule has 3 aromatic heterocycles. The number of rotatable bonds is 7. The van der Waals surface area contributed by atoms with E-state index in [-0.39, 0.29) is 52.0 Å². The predicted molar refractivity (Wildman–Crippen MR) is 169 cm³/mol. The normalized spacial score (nSPS) is 20.0. The minimum absolute atomic E-state index is 0.0321. The van der Waals surface area contributed by atoms with E-state index in [2.05, 4.69) is 30.2 Å². The second kappa shape index (κ2) is 12.8. The van der Waals surface area contributed by atoms with Crippen molar-refractivity contribution in [2.24, 2.45) is 0 Å². The van der Waals surface area contributed by atoms with Gasteiger partial charge in [-0.1, -0.05) is 17.7 Å². The number of ether oxygens (including phenoxy) is 2. The number of nitrogens with zero attached hydrogens (tertiary/aromatic N) is 5. The Morgan fingerprint density at radius 3 is 2.64 bits per heavy atom. The van der Waals surface area contributed by atoms with Gasteiger partial charge in [-0.25, -0.2) is 18.7 Å². The largest absolute Gasteiger partial charge is 0.508 e. The zero-order chi connectivity index (χ0) is 31.8. The number of nitrogens with two attached hydrogens (primary N) is 1. The van der Waals surface area contributed by atoms with E-state index in [1.807, 2.05) is 13.0 Å². The lowest BCUT2D eigenvalue weighted by Gasteiger charge is -2.20. The summed E-state index contributed by atoms with van der Waals surface area (Å²) in [6.45, 7) is 3.73. The summed E-state index contributed by atoms with van der Waals surface area (Å²) in [6.07, 6.45) is 6.25. The number of phenols is 1. The number of nitrogen functional groups attached to an aromatic ring is 1. The molecule has 1 aliphatic carbocycles. The van der Waals surface area contributed by atoms with Crippen LogP contribution in [0, 0.1) is 5.82 Å². The number of hydrogen-bond acceptors (Lipinski definition) is 10. The van der Waals surface area contributed by atoms with Gasteiger partial charge in [0.1, 0.15) is 40.2 Å². The van der Waals surface area contributed by atoms with Gasteiger partial charge >= 0.3 is 6.01 Å². The van der Waals surface area contributed by atoms with E-state index in [4.69, 9.17) is 26.8 Å². The molecular formula is C32H36ClF2N7O3. The minimum Gasteiger partial charge on any atom is -0.508 e. The van der Waals surface area contributed by atoms with E-state index < -0.39 is 12.0 Å². The van der Waals surface area contributed by atoms with Crippen molar-refractivity contribution >= 4 is 34.1 Å². The lowest BCUT2D eigenvalue weighted by molar-refractivity contribution is 0.292. The van der Waals surface area contributed by atoms with Crippen molar-refractivity contribution in [2.45, 2.75) is 63.2 Å². The monoisotopic (exact) mass is 639 g/mol. The van der Waals surface area contributed by atoms with Crippen molar-refractivity contribution in [1.29, 1.82) is 0 Å². The second-order valence-corrected chi connectivity index (χ2v) is 12.1. The smallest absolute Gasteiger partial charge is 0.318 e. The number of alkyl halides is 1. The average molecular weight is 640 g/mol. The molecule has 238 valence electrons. The Balaban J connectivity index is 0.000000337. The SMILES string of the molecule is COc1nc(NC(C)c2cccnc2N)c2c(OC)nc(-c3cc(O)cc(Cl)c3C3CC3)c(F)c2n1.FC1CC2CCCN2C1.